The van der Waals surface area contributed by atoms with Gasteiger partial charge < -0.3 is 29.0 Å². The van der Waals surface area contributed by atoms with Crippen LogP contribution in [0.5, 0.6) is 11.6 Å². The van der Waals surface area contributed by atoms with E-state index >= 15 is 0 Å². The minimum Gasteiger partial charge on any atom is -0.496 e. The average molecular weight is 819 g/mol. The number of H-pyrrole nitrogens is 1. The van der Waals surface area contributed by atoms with Crippen molar-refractivity contribution >= 4 is 34.1 Å². The SMILES string of the molecule is COc1cc(N2CCC(CN3CCN4c5ccc(COCNC6CCC(=O)NC6=O)nc5OC[C@H]4C3)CC2)ccc1[C@@H]1c2[nH]c3ccccc3c2C[C@@H](C)N1CC(F)F.[HH].[HH].[HH]. The molecule has 3 saturated heterocycles. The van der Waals surface area contributed by atoms with Crippen molar-refractivity contribution < 1.29 is 36.9 Å². The highest BCUT2D eigenvalue weighted by Gasteiger charge is 2.39. The minimum absolute atomic E-state index is 0. The smallest absolute Gasteiger partial charge is 0.251 e. The number of ether oxygens (including phenoxy) is 3. The highest BCUT2D eigenvalue weighted by Crippen LogP contribution is 2.45. The van der Waals surface area contributed by atoms with Crippen molar-refractivity contribution in [3.63, 3.8) is 0 Å². The third-order valence-electron chi connectivity index (χ3n) is 13.0. The van der Waals surface area contributed by atoms with Crippen LogP contribution in [-0.4, -0.2) is 122 Å². The van der Waals surface area contributed by atoms with Gasteiger partial charge >= 0.3 is 0 Å². The molecule has 5 aliphatic rings. The first-order chi connectivity index (χ1) is 28.7. The summed E-state index contributed by atoms with van der Waals surface area (Å²) in [6.07, 6.45) is 1.23. The van der Waals surface area contributed by atoms with Crippen LogP contribution in [0.3, 0.4) is 0 Å². The molecular weight excluding hydrogens is 759 g/mol. The Labute approximate surface area is 347 Å². The van der Waals surface area contributed by atoms with Gasteiger partial charge in [-0.3, -0.25) is 30.0 Å². The number of carbonyl (C=O) groups is 2. The van der Waals surface area contributed by atoms with Gasteiger partial charge in [-0.1, -0.05) is 24.3 Å². The largest absolute Gasteiger partial charge is 0.496 e. The zero-order valence-electron chi connectivity index (χ0n) is 33.8. The van der Waals surface area contributed by atoms with Gasteiger partial charge in [-0.15, -0.1) is 0 Å². The molecule has 7 heterocycles. The maximum atomic E-state index is 14.0. The molecule has 3 N–H and O–H groups in total. The van der Waals surface area contributed by atoms with Crippen molar-refractivity contribution in [2.45, 2.75) is 76.2 Å². The molecule has 4 aromatic rings. The molecule has 4 atom stereocenters. The first-order valence-electron chi connectivity index (χ1n) is 21.0. The second-order valence-electron chi connectivity index (χ2n) is 16.7. The zero-order chi connectivity index (χ0) is 40.6. The molecule has 2 aromatic heterocycles. The van der Waals surface area contributed by atoms with E-state index < -0.39 is 12.5 Å². The predicted molar refractivity (Wildman–Crippen MR) is 227 cm³/mol. The van der Waals surface area contributed by atoms with Crippen LogP contribution in [0.2, 0.25) is 0 Å². The number of rotatable bonds is 12. The monoisotopic (exact) mass is 818 g/mol. The molecule has 0 spiro atoms. The molecule has 5 aliphatic heterocycles. The number of fused-ring (bicyclic) bond motifs is 6. The molecule has 59 heavy (non-hydrogen) atoms. The lowest BCUT2D eigenvalue weighted by Crippen LogP contribution is -2.58. The number of aromatic nitrogens is 2. The van der Waals surface area contributed by atoms with Gasteiger partial charge in [0.15, 0.2) is 0 Å². The summed E-state index contributed by atoms with van der Waals surface area (Å²) in [5.41, 5.74) is 6.99. The number of carbonyl (C=O) groups excluding carboxylic acids is 2. The second kappa shape index (κ2) is 17.0. The number of amides is 2. The zero-order valence-corrected chi connectivity index (χ0v) is 33.8. The van der Waals surface area contributed by atoms with Crippen LogP contribution in [0.25, 0.3) is 10.9 Å². The maximum Gasteiger partial charge on any atom is 0.251 e. The van der Waals surface area contributed by atoms with E-state index in [4.69, 9.17) is 19.2 Å². The Bertz CT molecular complexity index is 2180. The van der Waals surface area contributed by atoms with Crippen LogP contribution in [0.1, 0.15) is 65.4 Å². The molecule has 0 saturated carbocycles. The third kappa shape index (κ3) is 8.22. The number of aromatic amines is 1. The van der Waals surface area contributed by atoms with Gasteiger partial charge in [0.2, 0.25) is 17.7 Å². The summed E-state index contributed by atoms with van der Waals surface area (Å²) >= 11 is 0. The third-order valence-corrected chi connectivity index (χ3v) is 13.0. The van der Waals surface area contributed by atoms with Crippen LogP contribution in [-0.2, 0) is 27.4 Å². The molecule has 9 rings (SSSR count). The van der Waals surface area contributed by atoms with Crippen molar-refractivity contribution in [1.29, 1.82) is 0 Å². The second-order valence-corrected chi connectivity index (χ2v) is 16.7. The number of nitrogens with one attached hydrogen (secondary N) is 3. The highest BCUT2D eigenvalue weighted by molar-refractivity contribution is 6.00. The van der Waals surface area contributed by atoms with E-state index in [1.807, 2.05) is 30.0 Å². The minimum atomic E-state index is -2.45. The molecule has 15 heteroatoms. The first-order valence-corrected chi connectivity index (χ1v) is 21.0. The van der Waals surface area contributed by atoms with E-state index in [9.17, 15) is 18.4 Å². The Morgan fingerprint density at radius 1 is 1.05 bits per heavy atom. The van der Waals surface area contributed by atoms with Gasteiger partial charge in [0, 0.05) is 89.9 Å². The number of piperazine rings is 1. The Kier molecular flexibility index (Phi) is 11.4. The molecule has 1 unspecified atom stereocenters. The van der Waals surface area contributed by atoms with Crippen LogP contribution >= 0.6 is 0 Å². The average Bonchev–Trinajstić information content (AvgIpc) is 3.61. The van der Waals surface area contributed by atoms with Crippen LogP contribution in [0.15, 0.2) is 54.6 Å². The van der Waals surface area contributed by atoms with E-state index in [0.717, 1.165) is 97.1 Å². The van der Waals surface area contributed by atoms with Crippen LogP contribution in [0.4, 0.5) is 20.2 Å². The van der Waals surface area contributed by atoms with Gasteiger partial charge in [-0.2, -0.15) is 0 Å². The number of imide groups is 1. The number of hydrogen-bond acceptors (Lipinski definition) is 11. The van der Waals surface area contributed by atoms with Gasteiger partial charge in [0.25, 0.3) is 6.43 Å². The summed E-state index contributed by atoms with van der Waals surface area (Å²) < 4.78 is 46.1. The van der Waals surface area contributed by atoms with Crippen LogP contribution < -0.4 is 29.9 Å². The fourth-order valence-corrected chi connectivity index (χ4v) is 9.95. The molecule has 0 radical (unpaired) electrons. The number of para-hydroxylation sites is 1. The quantitative estimate of drug-likeness (QED) is 0.0943. The fraction of sp³-hybridized carbons (Fsp3) is 0.523. The van der Waals surface area contributed by atoms with E-state index in [0.29, 0.717) is 37.7 Å². The summed E-state index contributed by atoms with van der Waals surface area (Å²) in [5.74, 6) is 1.40. The molecule has 13 nitrogen and oxygen atoms in total. The molecule has 0 aliphatic carbocycles. The maximum absolute atomic E-state index is 14.0. The standard InChI is InChI=1S/C44H54F2N8O5.3H2/c1-27-19-34-32-5-3-4-6-35(32)49-41(34)42(54(27)23-39(45)46)33-9-8-30(20-38(33)57-2)52-15-13-28(14-16-52)21-51-17-18-53-31(22-51)25-59-44-37(53)11-7-29(48-44)24-58-26-47-36-10-12-40(55)50-43(36)56;;;/h3-9,11,20,27-28,31,36,39,42,47,49H,10,12-19,21-26H2,1-2H3,(H,50,55,56);3*1H/t27-,31-,36?,42-;;;/m1.../s1. The van der Waals surface area contributed by atoms with Crippen molar-refractivity contribution in [1.82, 2.24) is 30.4 Å². The number of benzene rings is 2. The number of hydrogen-bond donors (Lipinski definition) is 3. The lowest BCUT2D eigenvalue weighted by Gasteiger charge is -2.46. The number of nitrogens with zero attached hydrogens (tertiary/aromatic N) is 5. The summed E-state index contributed by atoms with van der Waals surface area (Å²) in [4.78, 5) is 41.1. The molecular formula is C44H60F2N8O5. The summed E-state index contributed by atoms with van der Waals surface area (Å²) in [7, 11) is 1.68. The molecule has 2 amide bonds. The first kappa shape index (κ1) is 39.6. The molecule has 2 aromatic carbocycles. The van der Waals surface area contributed by atoms with Crippen molar-refractivity contribution in [2.24, 2.45) is 5.92 Å². The van der Waals surface area contributed by atoms with E-state index in [1.165, 1.54) is 5.56 Å². The van der Waals surface area contributed by atoms with Gasteiger partial charge in [0.05, 0.1) is 50.8 Å². The van der Waals surface area contributed by atoms with Crippen molar-refractivity contribution in [3.8, 4) is 11.6 Å². The Morgan fingerprint density at radius 2 is 1.90 bits per heavy atom. The fourth-order valence-electron chi connectivity index (χ4n) is 9.95. The van der Waals surface area contributed by atoms with E-state index in [2.05, 4.69) is 66.7 Å². The number of pyridine rings is 1. The summed E-state index contributed by atoms with van der Waals surface area (Å²) in [6, 6.07) is 18.0. The van der Waals surface area contributed by atoms with Gasteiger partial charge in [-0.05, 0) is 68.4 Å². The number of halogens is 2. The van der Waals surface area contributed by atoms with Crippen molar-refractivity contribution in [3.05, 3.63) is 77.1 Å². The van der Waals surface area contributed by atoms with Gasteiger partial charge in [-0.25, -0.2) is 13.8 Å². The molecule has 320 valence electrons. The molecule has 0 bridgehead atoms. The Morgan fingerprint density at radius 3 is 2.71 bits per heavy atom. The van der Waals surface area contributed by atoms with Crippen LogP contribution in [0, 0.1) is 5.92 Å². The Balaban J connectivity index is 0.00000214. The number of methoxy groups -OCH3 is 1. The highest BCUT2D eigenvalue weighted by atomic mass is 19.3. The van der Waals surface area contributed by atoms with Gasteiger partial charge in [0.1, 0.15) is 18.0 Å². The number of piperidine rings is 2. The number of anilines is 2. The summed E-state index contributed by atoms with van der Waals surface area (Å²) in [6.45, 7) is 8.56. The number of alkyl halides is 2. The molecule has 3 fully saturated rings. The lowest BCUT2D eigenvalue weighted by atomic mass is 9.88. The Hall–Kier alpha value is -4.83. The topological polar surface area (TPSA) is 128 Å². The van der Waals surface area contributed by atoms with E-state index in [1.54, 1.807) is 7.11 Å². The lowest BCUT2D eigenvalue weighted by molar-refractivity contribution is -0.135. The summed E-state index contributed by atoms with van der Waals surface area (Å²) in [5, 5.41) is 6.55. The van der Waals surface area contributed by atoms with E-state index in [-0.39, 0.29) is 54.1 Å². The predicted octanol–water partition coefficient (Wildman–Crippen LogP) is 5.58. The van der Waals surface area contributed by atoms with Crippen molar-refractivity contribution in [2.75, 3.05) is 76.1 Å². The normalized spacial score (nSPS) is 24.2.